The Morgan fingerprint density at radius 1 is 0.967 bits per heavy atom. The molecule has 0 bridgehead atoms. The van der Waals surface area contributed by atoms with Crippen LogP contribution in [0, 0.1) is 0 Å². The van der Waals surface area contributed by atoms with Gasteiger partial charge in [0, 0.05) is 44.6 Å². The van der Waals surface area contributed by atoms with E-state index in [1.54, 1.807) is 13.3 Å². The van der Waals surface area contributed by atoms with Crippen molar-refractivity contribution < 1.29 is 14.2 Å². The second kappa shape index (κ2) is 7.87. The summed E-state index contributed by atoms with van der Waals surface area (Å²) in [5.74, 6) is 3.85. The number of ether oxygens (including phenoxy) is 3. The van der Waals surface area contributed by atoms with Crippen molar-refractivity contribution in [2.75, 3.05) is 58.5 Å². The fourth-order valence-electron chi connectivity index (χ4n) is 3.87. The van der Waals surface area contributed by atoms with E-state index in [0.29, 0.717) is 30.5 Å². The number of rotatable bonds is 4. The van der Waals surface area contributed by atoms with Gasteiger partial charge in [-0.05, 0) is 25.2 Å². The zero-order chi connectivity index (χ0) is 20.5. The fraction of sp³-hybridized carbons (Fsp3) is 0.364. The van der Waals surface area contributed by atoms with E-state index < -0.39 is 0 Å². The van der Waals surface area contributed by atoms with E-state index in [1.165, 1.54) is 0 Å². The van der Waals surface area contributed by atoms with E-state index in [9.17, 15) is 0 Å². The minimum absolute atomic E-state index is 0.533. The predicted octanol–water partition coefficient (Wildman–Crippen LogP) is 2.47. The molecular weight excluding hydrogens is 382 g/mol. The standard InChI is InChI=1S/C22H25N5O3/c1-25-7-9-26(10-8-25)21-4-3-16(15-24-21)27-6-5-23-22(27)17-13-19-20(14-18(17)28-2)30-12-11-29-19/h3-6,13-15H,7-12H2,1-2H3. The van der Waals surface area contributed by atoms with Crippen molar-refractivity contribution >= 4 is 5.82 Å². The van der Waals surface area contributed by atoms with Crippen LogP contribution in [0.3, 0.4) is 0 Å². The number of anilines is 1. The van der Waals surface area contributed by atoms with Crippen LogP contribution in [0.1, 0.15) is 0 Å². The number of nitrogens with zero attached hydrogens (tertiary/aromatic N) is 5. The molecule has 4 heterocycles. The molecular formula is C22H25N5O3. The third kappa shape index (κ3) is 3.43. The summed E-state index contributed by atoms with van der Waals surface area (Å²) in [5, 5.41) is 0. The van der Waals surface area contributed by atoms with Crippen LogP contribution in [0.25, 0.3) is 17.1 Å². The third-order valence-corrected chi connectivity index (χ3v) is 5.58. The molecule has 0 unspecified atom stereocenters. The van der Waals surface area contributed by atoms with Gasteiger partial charge in [0.1, 0.15) is 30.6 Å². The number of fused-ring (bicyclic) bond motifs is 1. The summed E-state index contributed by atoms with van der Waals surface area (Å²) in [4.78, 5) is 14.0. The van der Waals surface area contributed by atoms with Gasteiger partial charge in [-0.1, -0.05) is 0 Å². The Bertz CT molecular complexity index is 1030. The number of likely N-dealkylation sites (N-methyl/N-ethyl adjacent to an activating group) is 1. The molecule has 0 aliphatic carbocycles. The van der Waals surface area contributed by atoms with E-state index in [2.05, 4.69) is 34.0 Å². The van der Waals surface area contributed by atoms with Crippen LogP contribution in [0.15, 0.2) is 42.9 Å². The lowest BCUT2D eigenvalue weighted by Crippen LogP contribution is -2.44. The highest BCUT2D eigenvalue weighted by atomic mass is 16.6. The minimum atomic E-state index is 0.533. The Hall–Kier alpha value is -3.26. The number of aromatic nitrogens is 3. The molecule has 8 nitrogen and oxygen atoms in total. The number of methoxy groups -OCH3 is 1. The number of benzene rings is 1. The maximum atomic E-state index is 5.76. The quantitative estimate of drug-likeness (QED) is 0.658. The first-order chi connectivity index (χ1) is 14.7. The molecule has 156 valence electrons. The van der Waals surface area contributed by atoms with E-state index in [4.69, 9.17) is 19.2 Å². The molecule has 0 radical (unpaired) electrons. The molecule has 2 aromatic heterocycles. The maximum Gasteiger partial charge on any atom is 0.165 e. The average Bonchev–Trinajstić information content (AvgIpc) is 3.28. The highest BCUT2D eigenvalue weighted by molar-refractivity contribution is 5.71. The molecule has 1 aromatic carbocycles. The van der Waals surface area contributed by atoms with Gasteiger partial charge in [0.05, 0.1) is 24.6 Å². The van der Waals surface area contributed by atoms with Gasteiger partial charge in [0.2, 0.25) is 0 Å². The third-order valence-electron chi connectivity index (χ3n) is 5.58. The Morgan fingerprint density at radius 2 is 1.73 bits per heavy atom. The van der Waals surface area contributed by atoms with Crippen molar-refractivity contribution in [1.29, 1.82) is 0 Å². The molecule has 2 aliphatic heterocycles. The smallest absolute Gasteiger partial charge is 0.165 e. The largest absolute Gasteiger partial charge is 0.496 e. The Labute approximate surface area is 175 Å². The number of hydrogen-bond donors (Lipinski definition) is 0. The van der Waals surface area contributed by atoms with E-state index in [0.717, 1.165) is 49.1 Å². The second-order valence-corrected chi connectivity index (χ2v) is 7.48. The van der Waals surface area contributed by atoms with Gasteiger partial charge < -0.3 is 24.0 Å². The van der Waals surface area contributed by atoms with Crippen LogP contribution in [0.2, 0.25) is 0 Å². The van der Waals surface area contributed by atoms with Crippen molar-refractivity contribution in [3.05, 3.63) is 42.9 Å². The zero-order valence-corrected chi connectivity index (χ0v) is 17.2. The second-order valence-electron chi connectivity index (χ2n) is 7.48. The molecule has 1 fully saturated rings. The fourth-order valence-corrected chi connectivity index (χ4v) is 3.87. The van der Waals surface area contributed by atoms with E-state index >= 15 is 0 Å². The number of hydrogen-bond acceptors (Lipinski definition) is 7. The minimum Gasteiger partial charge on any atom is -0.496 e. The molecule has 8 heteroatoms. The first-order valence-corrected chi connectivity index (χ1v) is 10.1. The Kier molecular flexibility index (Phi) is 4.92. The summed E-state index contributed by atoms with van der Waals surface area (Å²) < 4.78 is 19.1. The molecule has 0 saturated carbocycles. The monoisotopic (exact) mass is 407 g/mol. The van der Waals surface area contributed by atoms with E-state index in [1.807, 2.05) is 29.1 Å². The van der Waals surface area contributed by atoms with Gasteiger partial charge in [-0.2, -0.15) is 0 Å². The Balaban J connectivity index is 1.47. The van der Waals surface area contributed by atoms with Crippen molar-refractivity contribution in [2.24, 2.45) is 0 Å². The molecule has 3 aromatic rings. The van der Waals surface area contributed by atoms with Crippen molar-refractivity contribution in [3.63, 3.8) is 0 Å². The maximum absolute atomic E-state index is 5.76. The number of pyridine rings is 1. The number of imidazole rings is 1. The van der Waals surface area contributed by atoms with E-state index in [-0.39, 0.29) is 0 Å². The SMILES string of the molecule is COc1cc2c(cc1-c1nccn1-c1ccc(N3CCN(C)CC3)nc1)OCCO2. The summed E-state index contributed by atoms with van der Waals surface area (Å²) in [6.07, 6.45) is 5.60. The predicted molar refractivity (Wildman–Crippen MR) is 114 cm³/mol. The molecule has 1 saturated heterocycles. The van der Waals surface area contributed by atoms with Gasteiger partial charge in [0.15, 0.2) is 11.5 Å². The van der Waals surface area contributed by atoms with Gasteiger partial charge in [-0.15, -0.1) is 0 Å². The normalized spacial score (nSPS) is 16.5. The van der Waals surface area contributed by atoms with Crippen LogP contribution in [0.5, 0.6) is 17.2 Å². The summed E-state index contributed by atoms with van der Waals surface area (Å²) in [7, 11) is 3.80. The molecule has 30 heavy (non-hydrogen) atoms. The molecule has 5 rings (SSSR count). The van der Waals surface area contributed by atoms with Crippen LogP contribution >= 0.6 is 0 Å². The van der Waals surface area contributed by atoms with Crippen molar-refractivity contribution in [1.82, 2.24) is 19.4 Å². The van der Waals surface area contributed by atoms with Gasteiger partial charge in [-0.25, -0.2) is 9.97 Å². The van der Waals surface area contributed by atoms with Crippen LogP contribution in [0.4, 0.5) is 5.82 Å². The zero-order valence-electron chi connectivity index (χ0n) is 17.2. The number of piperazine rings is 1. The lowest BCUT2D eigenvalue weighted by molar-refractivity contribution is 0.171. The average molecular weight is 407 g/mol. The molecule has 0 spiro atoms. The van der Waals surface area contributed by atoms with Crippen LogP contribution < -0.4 is 19.1 Å². The van der Waals surface area contributed by atoms with Crippen molar-refractivity contribution in [3.8, 4) is 34.3 Å². The molecule has 0 amide bonds. The van der Waals surface area contributed by atoms with Gasteiger partial charge in [0.25, 0.3) is 0 Å². The van der Waals surface area contributed by atoms with Gasteiger partial charge in [-0.3, -0.25) is 4.57 Å². The molecule has 0 atom stereocenters. The summed E-state index contributed by atoms with van der Waals surface area (Å²) in [6, 6.07) is 7.94. The lowest BCUT2D eigenvalue weighted by Gasteiger charge is -2.33. The highest BCUT2D eigenvalue weighted by Gasteiger charge is 2.21. The molecule has 2 aliphatic rings. The topological polar surface area (TPSA) is 64.9 Å². The highest BCUT2D eigenvalue weighted by Crippen LogP contribution is 2.41. The summed E-state index contributed by atoms with van der Waals surface area (Å²) in [6.45, 7) is 5.17. The van der Waals surface area contributed by atoms with Gasteiger partial charge >= 0.3 is 0 Å². The van der Waals surface area contributed by atoms with Crippen LogP contribution in [-0.4, -0.2) is 73.0 Å². The first-order valence-electron chi connectivity index (χ1n) is 10.1. The summed E-state index contributed by atoms with van der Waals surface area (Å²) in [5.41, 5.74) is 1.78. The van der Waals surface area contributed by atoms with Crippen LogP contribution in [-0.2, 0) is 0 Å². The lowest BCUT2D eigenvalue weighted by atomic mass is 10.1. The molecule has 0 N–H and O–H groups in total. The summed E-state index contributed by atoms with van der Waals surface area (Å²) >= 11 is 0. The first kappa shape index (κ1) is 18.7. The Morgan fingerprint density at radius 3 is 2.43 bits per heavy atom. The van der Waals surface area contributed by atoms with Crippen molar-refractivity contribution in [2.45, 2.75) is 0 Å².